The summed E-state index contributed by atoms with van der Waals surface area (Å²) in [6, 6.07) is 69.4. The normalized spacial score (nSPS) is 14.8. The van der Waals surface area contributed by atoms with Gasteiger partial charge >= 0.3 is 0 Å². The Kier molecular flexibility index (Phi) is 6.97. The number of rotatable bonds is 6. The Morgan fingerprint density at radius 2 is 0.750 bits per heavy atom. The lowest BCUT2D eigenvalue weighted by Crippen LogP contribution is -2.30. The van der Waals surface area contributed by atoms with Crippen LogP contribution in [0.25, 0.3) is 33.5 Å². The smallest absolute Gasteiger partial charge is 0.0885 e. The summed E-state index contributed by atoms with van der Waals surface area (Å²) in [5, 5.41) is 0. The van der Waals surface area contributed by atoms with Crippen LogP contribution in [0.1, 0.15) is 44.5 Å². The second-order valence-electron chi connectivity index (χ2n) is 13.7. The van der Waals surface area contributed by atoms with Gasteiger partial charge in [-0.05, 0) is 78.9 Å². The van der Waals surface area contributed by atoms with E-state index in [1.807, 2.05) is 6.20 Å². The molecule has 10 rings (SSSR count). The number of hydrogen-bond donors (Lipinski definition) is 0. The van der Waals surface area contributed by atoms with E-state index in [1.165, 1.54) is 66.8 Å². The van der Waals surface area contributed by atoms with Crippen LogP contribution in [0.15, 0.2) is 207 Å². The molecule has 7 aromatic carbocycles. The molecule has 52 heavy (non-hydrogen) atoms. The number of hydrogen-bond acceptors (Lipinski definition) is 2. The summed E-state index contributed by atoms with van der Waals surface area (Å²) in [5.41, 5.74) is 15.8. The topological polar surface area (TPSA) is 25.8 Å². The molecule has 244 valence electrons. The summed E-state index contributed by atoms with van der Waals surface area (Å²) in [4.78, 5) is 9.22. The Bertz CT molecular complexity index is 2320. The summed E-state index contributed by atoms with van der Waals surface area (Å²) < 4.78 is 0. The van der Waals surface area contributed by atoms with Gasteiger partial charge in [0.15, 0.2) is 0 Å². The highest BCUT2D eigenvalue weighted by Gasteiger charge is 2.59. The highest BCUT2D eigenvalue weighted by molar-refractivity contribution is 6.16. The maximum Gasteiger partial charge on any atom is 0.0885 e. The first kappa shape index (κ1) is 30.2. The SMILES string of the molecule is c1ccc(-c2ccc3c(c2)C(c2ccccc2)(c2ccccc2)C2=C3C(c3ccccc3)(c3ccccc3)c3cc(-c4cnccn4)ccc32)cc1. The van der Waals surface area contributed by atoms with Gasteiger partial charge in [0.1, 0.15) is 0 Å². The van der Waals surface area contributed by atoms with Crippen LogP contribution in [0.3, 0.4) is 0 Å². The molecule has 1 heterocycles. The lowest BCUT2D eigenvalue weighted by atomic mass is 9.63. The number of benzene rings is 7. The molecule has 0 unspecified atom stereocenters. The van der Waals surface area contributed by atoms with Crippen molar-refractivity contribution in [1.82, 2.24) is 9.97 Å². The van der Waals surface area contributed by atoms with Gasteiger partial charge in [0, 0.05) is 18.0 Å². The third kappa shape index (κ3) is 4.25. The standard InChI is InChI=1S/C50H34N2/c1-6-16-35(17-7-1)36-26-28-42-44(32-36)49(38-18-8-2-9-19-38,39-20-10-3-11-21-39)48-43-29-27-37(46-34-51-30-31-52-46)33-45(43)50(47(42)48,40-22-12-4-13-23-40)41-24-14-5-15-25-41/h1-34H. The van der Waals surface area contributed by atoms with Crippen LogP contribution >= 0.6 is 0 Å². The minimum Gasteiger partial charge on any atom is -0.261 e. The van der Waals surface area contributed by atoms with Crippen LogP contribution in [0, 0.1) is 0 Å². The van der Waals surface area contributed by atoms with Crippen molar-refractivity contribution >= 4 is 11.1 Å². The van der Waals surface area contributed by atoms with Crippen LogP contribution in [-0.2, 0) is 10.8 Å². The third-order valence-electron chi connectivity index (χ3n) is 11.2. The van der Waals surface area contributed by atoms with E-state index in [9.17, 15) is 0 Å². The first-order chi connectivity index (χ1) is 25.8. The van der Waals surface area contributed by atoms with Crippen molar-refractivity contribution in [3.05, 3.63) is 251 Å². The number of allylic oxidation sites excluding steroid dienone is 2. The van der Waals surface area contributed by atoms with E-state index in [1.54, 1.807) is 12.4 Å². The highest BCUT2D eigenvalue weighted by Crippen LogP contribution is 2.70. The zero-order valence-corrected chi connectivity index (χ0v) is 28.5. The van der Waals surface area contributed by atoms with Gasteiger partial charge in [-0.2, -0.15) is 0 Å². The molecule has 0 spiro atoms. The Labute approximate surface area is 304 Å². The first-order valence-corrected chi connectivity index (χ1v) is 17.9. The molecule has 0 fully saturated rings. The summed E-state index contributed by atoms with van der Waals surface area (Å²) in [6.07, 6.45) is 5.38. The zero-order chi connectivity index (χ0) is 34.5. The lowest BCUT2D eigenvalue weighted by Gasteiger charge is -2.38. The Balaban J connectivity index is 1.42. The van der Waals surface area contributed by atoms with Crippen molar-refractivity contribution in [2.75, 3.05) is 0 Å². The van der Waals surface area contributed by atoms with Gasteiger partial charge in [-0.15, -0.1) is 0 Å². The minimum absolute atomic E-state index is 0.605. The molecule has 2 heteroatoms. The van der Waals surface area contributed by atoms with E-state index >= 15 is 0 Å². The molecular formula is C50H34N2. The van der Waals surface area contributed by atoms with E-state index in [4.69, 9.17) is 4.98 Å². The fraction of sp³-hybridized carbons (Fsp3) is 0.0400. The van der Waals surface area contributed by atoms with Crippen LogP contribution in [-0.4, -0.2) is 9.97 Å². The molecule has 0 atom stereocenters. The third-order valence-corrected chi connectivity index (χ3v) is 11.2. The van der Waals surface area contributed by atoms with E-state index in [0.29, 0.717) is 0 Å². The van der Waals surface area contributed by atoms with Gasteiger partial charge in [0.25, 0.3) is 0 Å². The summed E-state index contributed by atoms with van der Waals surface area (Å²) in [6.45, 7) is 0. The Morgan fingerprint density at radius 1 is 0.346 bits per heavy atom. The molecule has 0 N–H and O–H groups in total. The van der Waals surface area contributed by atoms with Gasteiger partial charge in [-0.1, -0.05) is 176 Å². The second-order valence-corrected chi connectivity index (χ2v) is 13.7. The molecule has 1 aromatic heterocycles. The van der Waals surface area contributed by atoms with Gasteiger partial charge in [-0.3, -0.25) is 9.97 Å². The van der Waals surface area contributed by atoms with Crippen LogP contribution < -0.4 is 0 Å². The predicted molar refractivity (Wildman–Crippen MR) is 212 cm³/mol. The predicted octanol–water partition coefficient (Wildman–Crippen LogP) is 11.4. The fourth-order valence-electron chi connectivity index (χ4n) is 9.17. The molecule has 0 saturated heterocycles. The molecule has 0 saturated carbocycles. The molecule has 2 nitrogen and oxygen atoms in total. The Morgan fingerprint density at radius 3 is 1.17 bits per heavy atom. The highest BCUT2D eigenvalue weighted by atomic mass is 14.8. The monoisotopic (exact) mass is 662 g/mol. The van der Waals surface area contributed by atoms with Crippen molar-refractivity contribution in [1.29, 1.82) is 0 Å². The zero-order valence-electron chi connectivity index (χ0n) is 28.5. The first-order valence-electron chi connectivity index (χ1n) is 17.9. The molecule has 0 radical (unpaired) electrons. The maximum absolute atomic E-state index is 4.76. The quantitative estimate of drug-likeness (QED) is 0.177. The fourth-order valence-corrected chi connectivity index (χ4v) is 9.17. The molecule has 2 aliphatic rings. The summed E-state index contributed by atoms with van der Waals surface area (Å²) >= 11 is 0. The van der Waals surface area contributed by atoms with Gasteiger partial charge in [0.05, 0.1) is 22.7 Å². The van der Waals surface area contributed by atoms with Crippen molar-refractivity contribution in [3.63, 3.8) is 0 Å². The van der Waals surface area contributed by atoms with Crippen molar-refractivity contribution in [2.24, 2.45) is 0 Å². The largest absolute Gasteiger partial charge is 0.261 e. The number of fused-ring (bicyclic) bond motifs is 4. The average Bonchev–Trinajstić information content (AvgIpc) is 3.71. The lowest BCUT2D eigenvalue weighted by molar-refractivity contribution is 0.801. The second kappa shape index (κ2) is 12.0. The van der Waals surface area contributed by atoms with Crippen LogP contribution in [0.2, 0.25) is 0 Å². The molecule has 0 amide bonds. The molecule has 0 bridgehead atoms. The maximum atomic E-state index is 4.76. The van der Waals surface area contributed by atoms with Gasteiger partial charge in [-0.25, -0.2) is 0 Å². The average molecular weight is 663 g/mol. The van der Waals surface area contributed by atoms with Crippen LogP contribution in [0.5, 0.6) is 0 Å². The van der Waals surface area contributed by atoms with Gasteiger partial charge in [0.2, 0.25) is 0 Å². The van der Waals surface area contributed by atoms with Crippen LogP contribution in [0.4, 0.5) is 0 Å². The number of nitrogens with zero attached hydrogens (tertiary/aromatic N) is 2. The minimum atomic E-state index is -0.625. The molecule has 8 aromatic rings. The summed E-state index contributed by atoms with van der Waals surface area (Å²) in [7, 11) is 0. The van der Waals surface area contributed by atoms with E-state index in [-0.39, 0.29) is 0 Å². The van der Waals surface area contributed by atoms with E-state index in [2.05, 4.69) is 193 Å². The van der Waals surface area contributed by atoms with E-state index in [0.717, 1.165) is 11.3 Å². The van der Waals surface area contributed by atoms with Crippen molar-refractivity contribution in [2.45, 2.75) is 10.8 Å². The van der Waals surface area contributed by atoms with Crippen molar-refractivity contribution < 1.29 is 0 Å². The number of aromatic nitrogens is 2. The Hall–Kier alpha value is -6.64. The van der Waals surface area contributed by atoms with E-state index < -0.39 is 10.8 Å². The molecule has 2 aliphatic carbocycles. The molecular weight excluding hydrogens is 629 g/mol. The van der Waals surface area contributed by atoms with Gasteiger partial charge < -0.3 is 0 Å². The van der Waals surface area contributed by atoms with Crippen molar-refractivity contribution in [3.8, 4) is 22.4 Å². The molecule has 0 aliphatic heterocycles. The summed E-state index contributed by atoms with van der Waals surface area (Å²) in [5.74, 6) is 0.